The van der Waals surface area contributed by atoms with Crippen LogP contribution in [0.25, 0.3) is 0 Å². The van der Waals surface area contributed by atoms with Gasteiger partial charge in [0.15, 0.2) is 6.54 Å². The fourth-order valence-electron chi connectivity index (χ4n) is 3.43. The van der Waals surface area contributed by atoms with Crippen molar-refractivity contribution in [1.29, 1.82) is 0 Å². The van der Waals surface area contributed by atoms with Crippen LogP contribution < -0.4 is 10.2 Å². The van der Waals surface area contributed by atoms with Crippen molar-refractivity contribution in [2.45, 2.75) is 19.3 Å². The molecule has 1 heterocycles. The number of likely N-dealkylation sites (tertiary alicyclic amines) is 1. The number of hydrogen-bond acceptors (Lipinski definition) is 1. The van der Waals surface area contributed by atoms with E-state index in [9.17, 15) is 9.18 Å². The van der Waals surface area contributed by atoms with Gasteiger partial charge in [0.1, 0.15) is 5.82 Å². The summed E-state index contributed by atoms with van der Waals surface area (Å²) in [5.74, 6) is 0.208. The van der Waals surface area contributed by atoms with Gasteiger partial charge in [-0.2, -0.15) is 0 Å². The summed E-state index contributed by atoms with van der Waals surface area (Å²) >= 11 is 5.95. The van der Waals surface area contributed by atoms with Gasteiger partial charge in [-0.1, -0.05) is 41.9 Å². The van der Waals surface area contributed by atoms with E-state index in [2.05, 4.69) is 29.6 Å². The monoisotopic (exact) mass is 361 g/mol. The van der Waals surface area contributed by atoms with Gasteiger partial charge in [-0.25, -0.2) is 4.39 Å². The summed E-state index contributed by atoms with van der Waals surface area (Å²) in [5, 5.41) is 3.00. The van der Waals surface area contributed by atoms with Gasteiger partial charge in [0, 0.05) is 0 Å². The zero-order valence-electron chi connectivity index (χ0n) is 14.1. The Kier molecular flexibility index (Phi) is 6.05. The first-order valence-electron chi connectivity index (χ1n) is 8.72. The molecule has 0 saturated carbocycles. The van der Waals surface area contributed by atoms with Crippen LogP contribution in [0.2, 0.25) is 5.02 Å². The Bertz CT molecular complexity index is 715. The highest BCUT2D eigenvalue weighted by Crippen LogP contribution is 2.22. The third kappa shape index (κ3) is 5.28. The number of rotatable bonds is 5. The molecule has 25 heavy (non-hydrogen) atoms. The van der Waals surface area contributed by atoms with Crippen LogP contribution in [0, 0.1) is 11.7 Å². The Labute approximate surface area is 152 Å². The molecule has 132 valence electrons. The largest absolute Gasteiger partial charge is 0.327 e. The molecule has 0 unspecified atom stereocenters. The number of nitrogens with one attached hydrogen (secondary N) is 2. The SMILES string of the molecule is O=C(C[NH+]1CCC(Cc2ccccc2)CC1)Nc1ccc(F)cc1Cl. The van der Waals surface area contributed by atoms with E-state index in [1.165, 1.54) is 28.7 Å². The predicted molar refractivity (Wildman–Crippen MR) is 98.5 cm³/mol. The van der Waals surface area contributed by atoms with Crippen LogP contribution in [0.4, 0.5) is 10.1 Å². The number of piperidine rings is 1. The van der Waals surface area contributed by atoms with Crippen molar-refractivity contribution in [3.63, 3.8) is 0 Å². The molecule has 2 N–H and O–H groups in total. The lowest BCUT2D eigenvalue weighted by Gasteiger charge is -2.29. The van der Waals surface area contributed by atoms with Gasteiger partial charge in [0.2, 0.25) is 0 Å². The topological polar surface area (TPSA) is 33.5 Å². The van der Waals surface area contributed by atoms with Crippen LogP contribution in [0.1, 0.15) is 18.4 Å². The molecule has 1 aliphatic heterocycles. The van der Waals surface area contributed by atoms with Gasteiger partial charge in [-0.05, 0) is 48.9 Å². The minimum atomic E-state index is -0.408. The fraction of sp³-hybridized carbons (Fsp3) is 0.350. The highest BCUT2D eigenvalue weighted by Gasteiger charge is 2.24. The average Bonchev–Trinajstić information content (AvgIpc) is 2.60. The minimum Gasteiger partial charge on any atom is -0.327 e. The van der Waals surface area contributed by atoms with E-state index in [0.717, 1.165) is 32.4 Å². The zero-order chi connectivity index (χ0) is 17.6. The maximum absolute atomic E-state index is 13.0. The van der Waals surface area contributed by atoms with Crippen LogP contribution in [-0.2, 0) is 11.2 Å². The van der Waals surface area contributed by atoms with E-state index in [1.807, 2.05) is 6.07 Å². The van der Waals surface area contributed by atoms with Gasteiger partial charge in [-0.3, -0.25) is 4.79 Å². The Balaban J connectivity index is 1.44. The van der Waals surface area contributed by atoms with Crippen LogP contribution in [0.3, 0.4) is 0 Å². The quantitative estimate of drug-likeness (QED) is 0.843. The summed E-state index contributed by atoms with van der Waals surface area (Å²) in [4.78, 5) is 13.5. The lowest BCUT2D eigenvalue weighted by atomic mass is 9.90. The molecule has 1 amide bonds. The number of anilines is 1. The lowest BCUT2D eigenvalue weighted by Crippen LogP contribution is -3.14. The van der Waals surface area contributed by atoms with Crippen molar-refractivity contribution in [2.24, 2.45) is 5.92 Å². The molecule has 1 fully saturated rings. The first kappa shape index (κ1) is 17.9. The number of hydrogen-bond donors (Lipinski definition) is 2. The fourth-order valence-corrected chi connectivity index (χ4v) is 3.64. The molecule has 0 spiro atoms. The van der Waals surface area contributed by atoms with Gasteiger partial charge >= 0.3 is 0 Å². The van der Waals surface area contributed by atoms with E-state index in [0.29, 0.717) is 18.2 Å². The van der Waals surface area contributed by atoms with Crippen LogP contribution in [0.5, 0.6) is 0 Å². The van der Waals surface area contributed by atoms with Crippen molar-refractivity contribution < 1.29 is 14.1 Å². The van der Waals surface area contributed by atoms with Crippen molar-refractivity contribution in [2.75, 3.05) is 25.0 Å². The maximum atomic E-state index is 13.0. The number of quaternary nitrogens is 1. The number of amides is 1. The summed E-state index contributed by atoms with van der Waals surface area (Å²) in [7, 11) is 0. The standard InChI is InChI=1S/C20H22ClFN2O/c21-18-13-17(22)6-7-19(18)23-20(25)14-24-10-8-16(9-11-24)12-15-4-2-1-3-5-15/h1-7,13,16H,8-12,14H2,(H,23,25)/p+1. The summed E-state index contributed by atoms with van der Waals surface area (Å²) < 4.78 is 13.0. The number of benzene rings is 2. The van der Waals surface area contributed by atoms with E-state index in [4.69, 9.17) is 11.6 Å². The second kappa shape index (κ2) is 8.45. The predicted octanol–water partition coefficient (Wildman–Crippen LogP) is 2.96. The summed E-state index contributed by atoms with van der Waals surface area (Å²) in [6.07, 6.45) is 3.38. The second-order valence-corrected chi connectivity index (χ2v) is 7.14. The molecular formula is C20H23ClFN2O+. The summed E-state index contributed by atoms with van der Waals surface area (Å²) in [6.45, 7) is 2.43. The molecular weight excluding hydrogens is 339 g/mol. The van der Waals surface area contributed by atoms with Crippen LogP contribution in [-0.4, -0.2) is 25.5 Å². The molecule has 3 rings (SSSR count). The van der Waals surface area contributed by atoms with Gasteiger partial charge in [0.05, 0.1) is 23.8 Å². The molecule has 1 aliphatic rings. The van der Waals surface area contributed by atoms with E-state index >= 15 is 0 Å². The van der Waals surface area contributed by atoms with Crippen molar-refractivity contribution in [1.82, 2.24) is 0 Å². The van der Waals surface area contributed by atoms with Crippen molar-refractivity contribution >= 4 is 23.2 Å². The highest BCUT2D eigenvalue weighted by molar-refractivity contribution is 6.33. The molecule has 2 aromatic carbocycles. The first-order chi connectivity index (χ1) is 12.1. The molecule has 0 atom stereocenters. The summed E-state index contributed by atoms with van der Waals surface area (Å²) in [6, 6.07) is 14.6. The van der Waals surface area contributed by atoms with Crippen LogP contribution >= 0.6 is 11.6 Å². The molecule has 0 bridgehead atoms. The third-order valence-electron chi connectivity index (χ3n) is 4.80. The molecule has 3 nitrogen and oxygen atoms in total. The Hall–Kier alpha value is -1.91. The van der Waals surface area contributed by atoms with Gasteiger partial charge < -0.3 is 10.2 Å². The second-order valence-electron chi connectivity index (χ2n) is 6.73. The zero-order valence-corrected chi connectivity index (χ0v) is 14.9. The van der Waals surface area contributed by atoms with Crippen molar-refractivity contribution in [3.05, 3.63) is 64.9 Å². The Morgan fingerprint density at radius 1 is 1.16 bits per heavy atom. The van der Waals surface area contributed by atoms with E-state index in [1.54, 1.807) is 0 Å². The number of halogens is 2. The van der Waals surface area contributed by atoms with E-state index in [-0.39, 0.29) is 10.9 Å². The van der Waals surface area contributed by atoms with Gasteiger partial charge in [-0.15, -0.1) is 0 Å². The first-order valence-corrected chi connectivity index (χ1v) is 9.10. The Morgan fingerprint density at radius 3 is 2.56 bits per heavy atom. The normalized spacial score (nSPS) is 20.2. The van der Waals surface area contributed by atoms with E-state index < -0.39 is 5.82 Å². The smallest absolute Gasteiger partial charge is 0.279 e. The number of carbonyl (C=O) groups excluding carboxylic acids is 1. The molecule has 0 aromatic heterocycles. The molecule has 5 heteroatoms. The molecule has 2 aromatic rings. The minimum absolute atomic E-state index is 0.0787. The third-order valence-corrected chi connectivity index (χ3v) is 5.11. The molecule has 0 radical (unpaired) electrons. The summed E-state index contributed by atoms with van der Waals surface area (Å²) in [5.41, 5.74) is 1.85. The number of carbonyl (C=O) groups is 1. The van der Waals surface area contributed by atoms with Crippen LogP contribution in [0.15, 0.2) is 48.5 Å². The lowest BCUT2D eigenvalue weighted by molar-refractivity contribution is -0.898. The maximum Gasteiger partial charge on any atom is 0.279 e. The highest BCUT2D eigenvalue weighted by atomic mass is 35.5. The molecule has 0 aliphatic carbocycles. The van der Waals surface area contributed by atoms with Gasteiger partial charge in [0.25, 0.3) is 5.91 Å². The van der Waals surface area contributed by atoms with Crippen molar-refractivity contribution in [3.8, 4) is 0 Å². The Morgan fingerprint density at radius 2 is 1.88 bits per heavy atom. The molecule has 1 saturated heterocycles. The average molecular weight is 362 g/mol.